The topological polar surface area (TPSA) is 54.3 Å². The van der Waals surface area contributed by atoms with Crippen molar-refractivity contribution in [2.75, 3.05) is 5.75 Å². The summed E-state index contributed by atoms with van der Waals surface area (Å²) >= 11 is 14.0. The molecule has 26 heavy (non-hydrogen) atoms. The summed E-state index contributed by atoms with van der Waals surface area (Å²) in [6.45, 7) is 0.621. The zero-order chi connectivity index (χ0) is 18.3. The van der Waals surface area contributed by atoms with E-state index in [4.69, 9.17) is 23.2 Å². The molecule has 1 aliphatic rings. The summed E-state index contributed by atoms with van der Waals surface area (Å²) in [6, 6.07) is 13.1. The average Bonchev–Trinajstić information content (AvgIpc) is 3.23. The van der Waals surface area contributed by atoms with E-state index >= 15 is 0 Å². The molecule has 2 aromatic carbocycles. The van der Waals surface area contributed by atoms with Gasteiger partial charge in [-0.2, -0.15) is 0 Å². The molecule has 0 unspecified atom stereocenters. The zero-order valence-corrected chi connectivity index (χ0v) is 16.0. The monoisotopic (exact) mass is 406 g/mol. The highest BCUT2D eigenvalue weighted by Crippen LogP contribution is 2.38. The predicted molar refractivity (Wildman–Crippen MR) is 107 cm³/mol. The summed E-state index contributed by atoms with van der Waals surface area (Å²) < 4.78 is 2.15. The van der Waals surface area contributed by atoms with Gasteiger partial charge in [0.25, 0.3) is 0 Å². The van der Waals surface area contributed by atoms with Gasteiger partial charge in [-0.15, -0.1) is 11.8 Å². The predicted octanol–water partition coefficient (Wildman–Crippen LogP) is 4.78. The van der Waals surface area contributed by atoms with Crippen LogP contribution in [-0.4, -0.2) is 27.4 Å². The minimum absolute atomic E-state index is 0.0389. The number of carboxylic acids is 1. The van der Waals surface area contributed by atoms with E-state index in [1.54, 1.807) is 17.8 Å². The third kappa shape index (κ3) is 3.32. The molecular formula is C19H16Cl2N2O2S. The highest BCUT2D eigenvalue weighted by atomic mass is 35.5. The van der Waals surface area contributed by atoms with Gasteiger partial charge in [0.1, 0.15) is 6.04 Å². The van der Waals surface area contributed by atoms with Gasteiger partial charge in [0.2, 0.25) is 0 Å². The third-order valence-corrected chi connectivity index (χ3v) is 6.37. The van der Waals surface area contributed by atoms with E-state index in [-0.39, 0.29) is 5.37 Å². The van der Waals surface area contributed by atoms with Crippen LogP contribution in [0, 0.1) is 0 Å². The minimum Gasteiger partial charge on any atom is -0.480 e. The molecule has 2 atom stereocenters. The summed E-state index contributed by atoms with van der Waals surface area (Å²) in [5, 5.41) is 14.8. The average molecular weight is 407 g/mol. The van der Waals surface area contributed by atoms with Crippen molar-refractivity contribution in [1.29, 1.82) is 0 Å². The maximum absolute atomic E-state index is 11.2. The number of benzene rings is 2. The molecule has 0 saturated carbocycles. The quantitative estimate of drug-likeness (QED) is 0.654. The Balaban J connectivity index is 1.71. The van der Waals surface area contributed by atoms with Crippen molar-refractivity contribution in [1.82, 2.24) is 9.88 Å². The lowest BCUT2D eigenvalue weighted by Crippen LogP contribution is -2.33. The highest BCUT2D eigenvalue weighted by Gasteiger charge is 2.32. The molecule has 1 aliphatic heterocycles. The van der Waals surface area contributed by atoms with Crippen molar-refractivity contribution < 1.29 is 9.90 Å². The van der Waals surface area contributed by atoms with E-state index in [9.17, 15) is 9.90 Å². The molecule has 1 saturated heterocycles. The van der Waals surface area contributed by atoms with Crippen LogP contribution in [0.25, 0.3) is 10.9 Å². The lowest BCUT2D eigenvalue weighted by atomic mass is 10.1. The molecule has 0 aliphatic carbocycles. The Bertz CT molecular complexity index is 989. The highest BCUT2D eigenvalue weighted by molar-refractivity contribution is 7.99. The van der Waals surface area contributed by atoms with Gasteiger partial charge >= 0.3 is 5.97 Å². The van der Waals surface area contributed by atoms with Crippen molar-refractivity contribution in [2.24, 2.45) is 0 Å². The second-order valence-corrected chi connectivity index (χ2v) is 8.22. The maximum Gasteiger partial charge on any atom is 0.321 e. The van der Waals surface area contributed by atoms with Gasteiger partial charge in [-0.05, 0) is 23.8 Å². The molecule has 7 heteroatoms. The van der Waals surface area contributed by atoms with Gasteiger partial charge in [-0.25, -0.2) is 0 Å². The first-order chi connectivity index (χ1) is 12.5. The Hall–Kier alpha value is -1.66. The lowest BCUT2D eigenvalue weighted by molar-refractivity contribution is -0.138. The standard InChI is InChI=1S/C19H16Cl2N2O2S/c20-12-6-5-11(15(21)7-12)8-23-9-14(13-3-1-2-4-17(13)23)18-22-16(10-26-18)19(24)25/h1-7,9,16,18,22H,8,10H2,(H,24,25)/t16-,18+/m1/s1. The van der Waals surface area contributed by atoms with Gasteiger partial charge in [-0.3, -0.25) is 10.1 Å². The Kier molecular flexibility index (Phi) is 4.88. The van der Waals surface area contributed by atoms with Crippen molar-refractivity contribution >= 4 is 51.8 Å². The number of rotatable bonds is 4. The normalized spacial score (nSPS) is 19.9. The fraction of sp³-hybridized carbons (Fsp3) is 0.211. The maximum atomic E-state index is 11.2. The molecule has 4 rings (SSSR count). The number of nitrogens with one attached hydrogen (secondary N) is 1. The summed E-state index contributed by atoms with van der Waals surface area (Å²) in [4.78, 5) is 11.2. The number of thioether (sulfide) groups is 1. The molecule has 4 nitrogen and oxygen atoms in total. The van der Waals surface area contributed by atoms with Crippen molar-refractivity contribution in [2.45, 2.75) is 18.0 Å². The second-order valence-electron chi connectivity index (χ2n) is 6.24. The number of carbonyl (C=O) groups is 1. The summed E-state index contributed by atoms with van der Waals surface area (Å²) in [6.07, 6.45) is 2.09. The van der Waals surface area contributed by atoms with Crippen molar-refractivity contribution in [3.63, 3.8) is 0 Å². The number of carboxylic acid groups (broad SMARTS) is 1. The molecule has 2 N–H and O–H groups in total. The molecule has 0 radical (unpaired) electrons. The molecule has 0 bridgehead atoms. The zero-order valence-electron chi connectivity index (χ0n) is 13.7. The molecule has 3 aromatic rings. The van der Waals surface area contributed by atoms with E-state index in [1.165, 1.54) is 0 Å². The number of hydrogen-bond donors (Lipinski definition) is 2. The molecule has 0 amide bonds. The molecule has 1 aromatic heterocycles. The minimum atomic E-state index is -0.809. The smallest absolute Gasteiger partial charge is 0.321 e. The number of halogens is 2. The summed E-state index contributed by atoms with van der Waals surface area (Å²) in [5.74, 6) is -0.251. The Morgan fingerprint density at radius 3 is 2.81 bits per heavy atom. The first-order valence-electron chi connectivity index (χ1n) is 8.15. The van der Waals surface area contributed by atoms with Crippen LogP contribution in [0.1, 0.15) is 16.5 Å². The lowest BCUT2D eigenvalue weighted by Gasteiger charge is -2.10. The van der Waals surface area contributed by atoms with Crippen LogP contribution in [0.5, 0.6) is 0 Å². The molecule has 2 heterocycles. The first-order valence-corrected chi connectivity index (χ1v) is 9.95. The van der Waals surface area contributed by atoms with E-state index in [0.717, 1.165) is 22.0 Å². The van der Waals surface area contributed by atoms with Gasteiger partial charge in [0.05, 0.1) is 5.37 Å². The molecule has 134 valence electrons. The number of para-hydroxylation sites is 1. The number of nitrogens with zero attached hydrogens (tertiary/aromatic N) is 1. The van der Waals surface area contributed by atoms with Crippen LogP contribution in [0.4, 0.5) is 0 Å². The van der Waals surface area contributed by atoms with Crippen molar-refractivity contribution in [3.05, 3.63) is 69.8 Å². The Morgan fingerprint density at radius 2 is 2.08 bits per heavy atom. The van der Waals surface area contributed by atoms with Crippen LogP contribution in [-0.2, 0) is 11.3 Å². The Morgan fingerprint density at radius 1 is 1.27 bits per heavy atom. The van der Waals surface area contributed by atoms with Crippen LogP contribution >= 0.6 is 35.0 Å². The van der Waals surface area contributed by atoms with E-state index in [2.05, 4.69) is 28.2 Å². The van der Waals surface area contributed by atoms with Crippen LogP contribution in [0.3, 0.4) is 0 Å². The number of fused-ring (bicyclic) bond motifs is 1. The van der Waals surface area contributed by atoms with Crippen LogP contribution in [0.2, 0.25) is 10.0 Å². The van der Waals surface area contributed by atoms with Gasteiger partial charge in [0.15, 0.2) is 0 Å². The number of aromatic nitrogens is 1. The van der Waals surface area contributed by atoms with Gasteiger partial charge in [0, 0.05) is 45.0 Å². The van der Waals surface area contributed by atoms with Gasteiger partial charge in [-0.1, -0.05) is 47.5 Å². The summed E-state index contributed by atoms with van der Waals surface area (Å²) in [5.41, 5.74) is 3.17. The van der Waals surface area contributed by atoms with Crippen molar-refractivity contribution in [3.8, 4) is 0 Å². The van der Waals surface area contributed by atoms with E-state index < -0.39 is 12.0 Å². The molecule has 0 spiro atoms. The van der Waals surface area contributed by atoms with Crippen LogP contribution < -0.4 is 5.32 Å². The van der Waals surface area contributed by atoms with E-state index in [0.29, 0.717) is 22.3 Å². The third-order valence-electron chi connectivity index (χ3n) is 4.54. The van der Waals surface area contributed by atoms with Crippen LogP contribution in [0.15, 0.2) is 48.7 Å². The Labute approximate surface area is 165 Å². The molecular weight excluding hydrogens is 391 g/mol. The molecule has 1 fully saturated rings. The van der Waals surface area contributed by atoms with E-state index in [1.807, 2.05) is 24.3 Å². The fourth-order valence-corrected chi connectivity index (χ4v) is 4.96. The van der Waals surface area contributed by atoms with Gasteiger partial charge < -0.3 is 9.67 Å². The SMILES string of the molecule is O=C(O)[C@H]1CS[C@@H](c2cn(Cc3ccc(Cl)cc3Cl)c3ccccc23)N1. The number of hydrogen-bond acceptors (Lipinski definition) is 3. The fourth-order valence-electron chi connectivity index (χ4n) is 3.24. The first kappa shape index (κ1) is 17.7. The number of aliphatic carboxylic acids is 1. The second kappa shape index (κ2) is 7.16. The largest absolute Gasteiger partial charge is 0.480 e. The summed E-state index contributed by atoms with van der Waals surface area (Å²) in [7, 11) is 0.